The van der Waals surface area contributed by atoms with Gasteiger partial charge in [0.2, 0.25) is 5.91 Å². The monoisotopic (exact) mass is 332 g/mol. The minimum Gasteiger partial charge on any atom is -0.376 e. The van der Waals surface area contributed by atoms with Crippen LogP contribution < -0.4 is 0 Å². The molecule has 2 atom stereocenters. The summed E-state index contributed by atoms with van der Waals surface area (Å²) in [7, 11) is 0. The number of hydrogen-bond acceptors (Lipinski definition) is 3. The second kappa shape index (κ2) is 9.80. The lowest BCUT2D eigenvalue weighted by Gasteiger charge is -2.38. The molecule has 0 bridgehead atoms. The number of ether oxygens (including phenoxy) is 1. The largest absolute Gasteiger partial charge is 0.376 e. The quantitative estimate of drug-likeness (QED) is 0.730. The first-order chi connectivity index (χ1) is 11.7. The van der Waals surface area contributed by atoms with Crippen LogP contribution in [0.2, 0.25) is 0 Å². The van der Waals surface area contributed by atoms with Gasteiger partial charge in [-0.3, -0.25) is 9.69 Å². The van der Waals surface area contributed by atoms with E-state index in [4.69, 9.17) is 4.74 Å². The lowest BCUT2D eigenvalue weighted by atomic mass is 10.0. The van der Waals surface area contributed by atoms with Gasteiger partial charge in [0.1, 0.15) is 6.04 Å². The number of rotatable bonds is 8. The van der Waals surface area contributed by atoms with Crippen LogP contribution in [0.25, 0.3) is 0 Å². The third kappa shape index (κ3) is 4.81. The summed E-state index contributed by atoms with van der Waals surface area (Å²) >= 11 is 0. The van der Waals surface area contributed by atoms with Crippen molar-refractivity contribution in [3.05, 3.63) is 35.9 Å². The van der Waals surface area contributed by atoms with Crippen LogP contribution in [-0.2, 0) is 9.53 Å². The van der Waals surface area contributed by atoms with Crippen LogP contribution in [-0.4, -0.2) is 54.6 Å². The number of nitrogens with zero attached hydrogens (tertiary/aromatic N) is 2. The molecular weight excluding hydrogens is 300 g/mol. The van der Waals surface area contributed by atoms with E-state index in [9.17, 15) is 4.79 Å². The Bertz CT molecular complexity index is 488. The van der Waals surface area contributed by atoms with E-state index < -0.39 is 0 Å². The Kier molecular flexibility index (Phi) is 7.73. The number of amides is 1. The molecule has 0 aromatic heterocycles. The molecule has 0 aliphatic carbocycles. The highest BCUT2D eigenvalue weighted by Crippen LogP contribution is 2.25. The van der Waals surface area contributed by atoms with E-state index in [2.05, 4.69) is 37.8 Å². The van der Waals surface area contributed by atoms with Crippen molar-refractivity contribution < 1.29 is 9.53 Å². The third-order valence-corrected chi connectivity index (χ3v) is 4.77. The molecule has 134 valence electrons. The normalized spacial score (nSPS) is 19.5. The smallest absolute Gasteiger partial charge is 0.244 e. The van der Waals surface area contributed by atoms with Crippen molar-refractivity contribution in [1.29, 1.82) is 0 Å². The minimum absolute atomic E-state index is 0.189. The Hall–Kier alpha value is -1.39. The number of carbonyl (C=O) groups excluding carboxylic acids is 1. The molecule has 1 aromatic carbocycles. The predicted octanol–water partition coefficient (Wildman–Crippen LogP) is 3.49. The Morgan fingerprint density at radius 3 is 2.58 bits per heavy atom. The third-order valence-electron chi connectivity index (χ3n) is 4.77. The second-order valence-corrected chi connectivity index (χ2v) is 6.45. The SMILES string of the molecule is CCCOC1CCCN(C(=O)C(c2ccccc2)N(CC)CC)C1. The van der Waals surface area contributed by atoms with Crippen molar-refractivity contribution >= 4 is 5.91 Å². The van der Waals surface area contributed by atoms with Gasteiger partial charge in [0.05, 0.1) is 6.10 Å². The molecule has 0 radical (unpaired) electrons. The molecule has 4 heteroatoms. The molecule has 2 unspecified atom stereocenters. The number of piperidine rings is 1. The highest BCUT2D eigenvalue weighted by molar-refractivity contribution is 5.83. The molecular formula is C20H32N2O2. The summed E-state index contributed by atoms with van der Waals surface area (Å²) < 4.78 is 5.90. The van der Waals surface area contributed by atoms with E-state index in [-0.39, 0.29) is 18.1 Å². The van der Waals surface area contributed by atoms with Gasteiger partial charge < -0.3 is 9.64 Å². The molecule has 2 rings (SSSR count). The van der Waals surface area contributed by atoms with Crippen molar-refractivity contribution in [1.82, 2.24) is 9.80 Å². The van der Waals surface area contributed by atoms with Gasteiger partial charge in [-0.1, -0.05) is 51.1 Å². The number of likely N-dealkylation sites (tertiary alicyclic amines) is 1. The van der Waals surface area contributed by atoms with Crippen LogP contribution in [0.5, 0.6) is 0 Å². The second-order valence-electron chi connectivity index (χ2n) is 6.45. The number of benzene rings is 1. The molecule has 1 amide bonds. The fourth-order valence-electron chi connectivity index (χ4n) is 3.47. The molecule has 0 saturated carbocycles. The molecule has 0 spiro atoms. The number of hydrogen-bond donors (Lipinski definition) is 0. The van der Waals surface area contributed by atoms with Gasteiger partial charge in [-0.2, -0.15) is 0 Å². The molecule has 0 N–H and O–H groups in total. The van der Waals surface area contributed by atoms with E-state index in [1.807, 2.05) is 23.1 Å². The highest BCUT2D eigenvalue weighted by atomic mass is 16.5. The van der Waals surface area contributed by atoms with E-state index in [0.717, 1.165) is 57.6 Å². The molecule has 4 nitrogen and oxygen atoms in total. The summed E-state index contributed by atoms with van der Waals surface area (Å²) in [5.74, 6) is 0.217. The van der Waals surface area contributed by atoms with Crippen molar-refractivity contribution in [2.45, 2.75) is 52.2 Å². The Balaban J connectivity index is 2.15. The van der Waals surface area contributed by atoms with Gasteiger partial charge in [0, 0.05) is 19.7 Å². The molecule has 24 heavy (non-hydrogen) atoms. The Morgan fingerprint density at radius 2 is 1.96 bits per heavy atom. The van der Waals surface area contributed by atoms with Crippen LogP contribution in [0.3, 0.4) is 0 Å². The summed E-state index contributed by atoms with van der Waals surface area (Å²) in [6.07, 6.45) is 3.30. The molecule has 1 aromatic rings. The first kappa shape index (κ1) is 18.9. The van der Waals surface area contributed by atoms with Gasteiger partial charge in [-0.05, 0) is 37.9 Å². The average Bonchev–Trinajstić information content (AvgIpc) is 2.64. The van der Waals surface area contributed by atoms with Gasteiger partial charge in [-0.25, -0.2) is 0 Å². The summed E-state index contributed by atoms with van der Waals surface area (Å²) in [6, 6.07) is 9.98. The zero-order chi connectivity index (χ0) is 17.4. The maximum absolute atomic E-state index is 13.3. The van der Waals surface area contributed by atoms with Crippen molar-refractivity contribution in [2.24, 2.45) is 0 Å². The van der Waals surface area contributed by atoms with Crippen LogP contribution in [0, 0.1) is 0 Å². The van der Waals surface area contributed by atoms with E-state index in [0.29, 0.717) is 0 Å². The van der Waals surface area contributed by atoms with Crippen LogP contribution >= 0.6 is 0 Å². The van der Waals surface area contributed by atoms with E-state index in [1.54, 1.807) is 0 Å². The highest BCUT2D eigenvalue weighted by Gasteiger charge is 2.32. The van der Waals surface area contributed by atoms with Gasteiger partial charge in [0.15, 0.2) is 0 Å². The first-order valence-electron chi connectivity index (χ1n) is 9.40. The standard InChI is InChI=1S/C20H32N2O2/c1-4-15-24-18-13-10-14-22(16-18)20(23)19(21(5-2)6-3)17-11-8-7-9-12-17/h7-9,11-12,18-19H,4-6,10,13-16H2,1-3H3. The summed E-state index contributed by atoms with van der Waals surface area (Å²) in [4.78, 5) is 17.6. The molecule has 1 saturated heterocycles. The molecule has 1 aliphatic rings. The van der Waals surface area contributed by atoms with Gasteiger partial charge >= 0.3 is 0 Å². The van der Waals surface area contributed by atoms with E-state index >= 15 is 0 Å². The Labute approximate surface area is 146 Å². The summed E-state index contributed by atoms with van der Waals surface area (Å²) in [5, 5.41) is 0. The zero-order valence-corrected chi connectivity index (χ0v) is 15.4. The van der Waals surface area contributed by atoms with Gasteiger partial charge in [-0.15, -0.1) is 0 Å². The van der Waals surface area contributed by atoms with Crippen molar-refractivity contribution in [2.75, 3.05) is 32.8 Å². The maximum atomic E-state index is 13.3. The predicted molar refractivity (Wildman–Crippen MR) is 97.9 cm³/mol. The maximum Gasteiger partial charge on any atom is 0.244 e. The first-order valence-corrected chi connectivity index (χ1v) is 9.40. The fraction of sp³-hybridized carbons (Fsp3) is 0.650. The molecule has 1 aliphatic heterocycles. The average molecular weight is 332 g/mol. The lowest BCUT2D eigenvalue weighted by molar-refractivity contribution is -0.141. The topological polar surface area (TPSA) is 32.8 Å². The lowest BCUT2D eigenvalue weighted by Crippen LogP contribution is -2.48. The van der Waals surface area contributed by atoms with Gasteiger partial charge in [0.25, 0.3) is 0 Å². The van der Waals surface area contributed by atoms with Crippen LogP contribution in [0.1, 0.15) is 51.6 Å². The van der Waals surface area contributed by atoms with Crippen molar-refractivity contribution in [3.8, 4) is 0 Å². The number of carbonyl (C=O) groups is 1. The summed E-state index contributed by atoms with van der Waals surface area (Å²) in [5.41, 5.74) is 1.09. The number of likely N-dealkylation sites (N-methyl/N-ethyl adjacent to an activating group) is 1. The van der Waals surface area contributed by atoms with Crippen LogP contribution in [0.15, 0.2) is 30.3 Å². The van der Waals surface area contributed by atoms with Crippen LogP contribution in [0.4, 0.5) is 0 Å². The van der Waals surface area contributed by atoms with E-state index in [1.165, 1.54) is 0 Å². The molecule has 1 fully saturated rings. The molecule has 1 heterocycles. The summed E-state index contributed by atoms with van der Waals surface area (Å²) in [6.45, 7) is 10.4. The Morgan fingerprint density at radius 1 is 1.25 bits per heavy atom. The zero-order valence-electron chi connectivity index (χ0n) is 15.4. The fourth-order valence-corrected chi connectivity index (χ4v) is 3.47. The minimum atomic E-state index is -0.189. The van der Waals surface area contributed by atoms with Crippen molar-refractivity contribution in [3.63, 3.8) is 0 Å².